The number of benzene rings is 2. The van der Waals surface area contributed by atoms with Gasteiger partial charge in [-0.3, -0.25) is 19.2 Å². The molecule has 12 heteroatoms. The number of ether oxygens (including phenoxy) is 3. The maximum atomic E-state index is 13.7. The summed E-state index contributed by atoms with van der Waals surface area (Å²) < 4.78 is 17.1. The fraction of sp³-hybridized carbons (Fsp3) is 0.429. The second-order valence-corrected chi connectivity index (χ2v) is 10.4. The second kappa shape index (κ2) is 9.97. The molecule has 1 fully saturated rings. The van der Waals surface area contributed by atoms with Crippen molar-refractivity contribution in [2.45, 2.75) is 69.4 Å². The predicted octanol–water partition coefficient (Wildman–Crippen LogP) is 0.816. The molecule has 5 rings (SSSR count). The van der Waals surface area contributed by atoms with E-state index in [0.717, 1.165) is 6.92 Å². The Hall–Kier alpha value is -3.84. The van der Waals surface area contributed by atoms with Crippen molar-refractivity contribution < 1.29 is 53.8 Å². The number of carbonyl (C=O) groups excluding carboxylic acids is 4. The van der Waals surface area contributed by atoms with Crippen LogP contribution in [-0.4, -0.2) is 81.4 Å². The molecule has 6 atom stereocenters. The standard InChI is InChI=1S/C28H29NO11/c1-11-23(32)15(29-10-30)7-18(39-11)40-17-9-28(37,12(2)31)8-14-20(17)27(36)22-21(25(14)34)24(33)13-5-4-6-16(38-3)19(13)26(22)35/h4-6,10-11,15,17-18,23,32,34,36-37H,7-9H2,1-3H3,(H,29,30)/t11?,15?,17-,18?,23?,28-/m0/s1. The molecule has 0 saturated carbocycles. The van der Waals surface area contributed by atoms with Crippen molar-refractivity contribution in [3.63, 3.8) is 0 Å². The summed E-state index contributed by atoms with van der Waals surface area (Å²) in [5.74, 6) is -3.33. The number of amides is 1. The predicted molar refractivity (Wildman–Crippen MR) is 135 cm³/mol. The summed E-state index contributed by atoms with van der Waals surface area (Å²) in [6.07, 6.45) is -4.61. The molecule has 3 aliphatic rings. The molecule has 2 aromatic rings. The van der Waals surface area contributed by atoms with Crippen LogP contribution >= 0.6 is 0 Å². The Labute approximate surface area is 228 Å². The number of aromatic hydroxyl groups is 2. The zero-order valence-electron chi connectivity index (χ0n) is 22.0. The summed E-state index contributed by atoms with van der Waals surface area (Å²) in [4.78, 5) is 50.8. The summed E-state index contributed by atoms with van der Waals surface area (Å²) in [7, 11) is 1.33. The van der Waals surface area contributed by atoms with E-state index >= 15 is 0 Å². The van der Waals surface area contributed by atoms with E-state index in [1.54, 1.807) is 6.92 Å². The Morgan fingerprint density at radius 3 is 2.50 bits per heavy atom. The lowest BCUT2D eigenvalue weighted by molar-refractivity contribution is -0.249. The lowest BCUT2D eigenvalue weighted by Gasteiger charge is -2.42. The first-order valence-corrected chi connectivity index (χ1v) is 12.7. The van der Waals surface area contributed by atoms with Crippen molar-refractivity contribution in [2.75, 3.05) is 7.11 Å². The number of nitrogens with one attached hydrogen (secondary N) is 1. The van der Waals surface area contributed by atoms with Crippen molar-refractivity contribution in [1.82, 2.24) is 5.32 Å². The molecule has 1 saturated heterocycles. The zero-order chi connectivity index (χ0) is 29.1. The van der Waals surface area contributed by atoms with Crippen molar-refractivity contribution in [3.05, 3.63) is 51.6 Å². The lowest BCUT2D eigenvalue weighted by atomic mass is 9.72. The number of phenols is 2. The van der Waals surface area contributed by atoms with Gasteiger partial charge in [-0.25, -0.2) is 0 Å². The van der Waals surface area contributed by atoms with Gasteiger partial charge in [0.2, 0.25) is 12.2 Å². The molecule has 0 radical (unpaired) electrons. The van der Waals surface area contributed by atoms with Crippen molar-refractivity contribution in [2.24, 2.45) is 0 Å². The average Bonchev–Trinajstić information content (AvgIpc) is 2.91. The molecule has 1 amide bonds. The molecule has 4 unspecified atom stereocenters. The number of phenolic OH excluding ortho intramolecular Hbond substituents is 2. The molecule has 0 aromatic heterocycles. The van der Waals surface area contributed by atoms with Crippen LogP contribution in [0.1, 0.15) is 75.8 Å². The van der Waals surface area contributed by atoms with E-state index in [1.165, 1.54) is 25.3 Å². The van der Waals surface area contributed by atoms with Crippen LogP contribution in [0.5, 0.6) is 17.2 Å². The molecule has 5 N–H and O–H groups in total. The molecular formula is C28H29NO11. The van der Waals surface area contributed by atoms with Gasteiger partial charge < -0.3 is 40.0 Å². The van der Waals surface area contributed by atoms with Gasteiger partial charge in [0, 0.05) is 36.0 Å². The normalized spacial score (nSPS) is 29.2. The second-order valence-electron chi connectivity index (χ2n) is 10.4. The number of rotatable bonds is 6. The monoisotopic (exact) mass is 555 g/mol. The van der Waals surface area contributed by atoms with Gasteiger partial charge in [-0.05, 0) is 19.9 Å². The van der Waals surface area contributed by atoms with Gasteiger partial charge >= 0.3 is 0 Å². The molecule has 2 aromatic carbocycles. The van der Waals surface area contributed by atoms with Crippen LogP contribution in [0.25, 0.3) is 0 Å². The smallest absolute Gasteiger partial charge is 0.207 e. The zero-order valence-corrected chi connectivity index (χ0v) is 22.0. The van der Waals surface area contributed by atoms with E-state index in [9.17, 15) is 39.6 Å². The molecule has 1 heterocycles. The highest BCUT2D eigenvalue weighted by Gasteiger charge is 2.49. The summed E-state index contributed by atoms with van der Waals surface area (Å²) >= 11 is 0. The van der Waals surface area contributed by atoms with Crippen molar-refractivity contribution in [1.29, 1.82) is 0 Å². The largest absolute Gasteiger partial charge is 0.507 e. The lowest BCUT2D eigenvalue weighted by Crippen LogP contribution is -2.54. The Kier molecular flexibility index (Phi) is 6.91. The molecule has 40 heavy (non-hydrogen) atoms. The highest BCUT2D eigenvalue weighted by molar-refractivity contribution is 6.31. The topological polar surface area (TPSA) is 189 Å². The Morgan fingerprint density at radius 2 is 1.85 bits per heavy atom. The molecular weight excluding hydrogens is 526 g/mol. The number of carbonyl (C=O) groups is 4. The average molecular weight is 556 g/mol. The van der Waals surface area contributed by atoms with Crippen LogP contribution < -0.4 is 10.1 Å². The van der Waals surface area contributed by atoms with Gasteiger partial charge in [0.15, 0.2) is 17.9 Å². The maximum absolute atomic E-state index is 13.7. The van der Waals surface area contributed by atoms with Gasteiger partial charge in [-0.1, -0.05) is 12.1 Å². The van der Waals surface area contributed by atoms with E-state index in [-0.39, 0.29) is 40.8 Å². The van der Waals surface area contributed by atoms with Gasteiger partial charge in [0.05, 0.1) is 42.0 Å². The Morgan fingerprint density at radius 1 is 1.15 bits per heavy atom. The number of hydrogen-bond donors (Lipinski definition) is 5. The number of Topliss-reactive ketones (excluding diaryl/α,β-unsaturated/α-hetero) is 1. The van der Waals surface area contributed by atoms with Crippen LogP contribution in [0.15, 0.2) is 18.2 Å². The molecule has 0 spiro atoms. The van der Waals surface area contributed by atoms with E-state index in [0.29, 0.717) is 6.41 Å². The number of ketones is 3. The highest BCUT2D eigenvalue weighted by atomic mass is 16.7. The first-order valence-electron chi connectivity index (χ1n) is 12.7. The Bertz CT molecular complexity index is 1440. The minimum atomic E-state index is -2.04. The van der Waals surface area contributed by atoms with Crippen LogP contribution in [0.2, 0.25) is 0 Å². The Balaban J connectivity index is 1.66. The third-order valence-electron chi connectivity index (χ3n) is 8.04. The third-order valence-corrected chi connectivity index (χ3v) is 8.04. The van der Waals surface area contributed by atoms with Crippen LogP contribution in [0.4, 0.5) is 0 Å². The minimum Gasteiger partial charge on any atom is -0.507 e. The van der Waals surface area contributed by atoms with Gasteiger partial charge in [0.1, 0.15) is 29.0 Å². The molecule has 1 aliphatic heterocycles. The molecule has 212 valence electrons. The van der Waals surface area contributed by atoms with Crippen molar-refractivity contribution >= 4 is 23.8 Å². The first kappa shape index (κ1) is 27.7. The number of methoxy groups -OCH3 is 1. The summed E-state index contributed by atoms with van der Waals surface area (Å²) in [5.41, 5.74) is -3.25. The summed E-state index contributed by atoms with van der Waals surface area (Å²) in [6, 6.07) is 3.66. The number of fused-ring (bicyclic) bond motifs is 3. The van der Waals surface area contributed by atoms with E-state index < -0.39 is 82.6 Å². The first-order chi connectivity index (χ1) is 18.9. The highest BCUT2D eigenvalue weighted by Crippen LogP contribution is 2.52. The van der Waals surface area contributed by atoms with Crippen LogP contribution in [-0.2, 0) is 25.5 Å². The summed E-state index contributed by atoms with van der Waals surface area (Å²) in [6.45, 7) is 2.73. The van der Waals surface area contributed by atoms with Crippen molar-refractivity contribution in [3.8, 4) is 17.2 Å². The molecule has 12 nitrogen and oxygen atoms in total. The SMILES string of the molecule is COc1cccc2c1C(=O)c1c(O)c3c(c(O)c1C2=O)C[C@@](O)(C(C)=O)C[C@@H]3OC1CC(NC=O)C(O)C(C)O1. The van der Waals surface area contributed by atoms with E-state index in [4.69, 9.17) is 14.2 Å². The van der Waals surface area contributed by atoms with E-state index in [2.05, 4.69) is 5.32 Å². The third kappa shape index (κ3) is 4.15. The quantitative estimate of drug-likeness (QED) is 0.214. The number of aliphatic hydroxyl groups is 2. The fourth-order valence-electron chi connectivity index (χ4n) is 5.88. The molecule has 0 bridgehead atoms. The van der Waals surface area contributed by atoms with E-state index in [1.807, 2.05) is 0 Å². The number of aliphatic hydroxyl groups excluding tert-OH is 1. The van der Waals surface area contributed by atoms with Crippen LogP contribution in [0, 0.1) is 0 Å². The maximum Gasteiger partial charge on any atom is 0.207 e. The molecule has 2 aliphatic carbocycles. The van der Waals surface area contributed by atoms with Gasteiger partial charge in [-0.15, -0.1) is 0 Å². The minimum absolute atomic E-state index is 0.0196. The fourth-order valence-corrected chi connectivity index (χ4v) is 5.88. The summed E-state index contributed by atoms with van der Waals surface area (Å²) in [5, 5.41) is 47.0. The van der Waals surface area contributed by atoms with Gasteiger partial charge in [-0.2, -0.15) is 0 Å². The van der Waals surface area contributed by atoms with Crippen LogP contribution in [0.3, 0.4) is 0 Å². The number of hydrogen-bond acceptors (Lipinski definition) is 11. The van der Waals surface area contributed by atoms with Gasteiger partial charge in [0.25, 0.3) is 0 Å².